The number of rotatable bonds is 3. The van der Waals surface area contributed by atoms with E-state index in [1.54, 1.807) is 7.11 Å². The Labute approximate surface area is 108 Å². The minimum absolute atomic E-state index is 0.140. The molecule has 1 aromatic rings. The average Bonchev–Trinajstić information content (AvgIpc) is 2.29. The van der Waals surface area contributed by atoms with Crippen molar-refractivity contribution in [1.29, 1.82) is 0 Å². The molecule has 0 bridgehead atoms. The van der Waals surface area contributed by atoms with Crippen LogP contribution in [-0.2, 0) is 14.9 Å². The number of aryl methyl sites for hydroxylation is 2. The molecule has 1 aromatic carbocycles. The summed E-state index contributed by atoms with van der Waals surface area (Å²) in [5.74, 6) is 0.664. The van der Waals surface area contributed by atoms with Gasteiger partial charge in [-0.05, 0) is 43.9 Å². The lowest BCUT2D eigenvalue weighted by Crippen LogP contribution is -2.44. The van der Waals surface area contributed by atoms with Crippen molar-refractivity contribution in [3.05, 3.63) is 28.8 Å². The number of carbonyl (C=O) groups excluding carboxylic acids is 1. The van der Waals surface area contributed by atoms with Crippen LogP contribution in [0.1, 0.15) is 36.0 Å². The van der Waals surface area contributed by atoms with Crippen LogP contribution in [0, 0.1) is 13.8 Å². The summed E-state index contributed by atoms with van der Waals surface area (Å²) in [4.78, 5) is 12.1. The van der Waals surface area contributed by atoms with Crippen LogP contribution in [0.25, 0.3) is 0 Å². The molecular weight excluding hydrogens is 228 g/mol. The van der Waals surface area contributed by atoms with E-state index in [0.717, 1.165) is 41.7 Å². The van der Waals surface area contributed by atoms with Crippen LogP contribution in [0.3, 0.4) is 0 Å². The van der Waals surface area contributed by atoms with Crippen LogP contribution in [-0.4, -0.2) is 20.2 Å². The Morgan fingerprint density at radius 2 is 1.89 bits per heavy atom. The zero-order valence-electron chi connectivity index (χ0n) is 11.5. The molecule has 0 aromatic heterocycles. The Morgan fingerprint density at radius 1 is 1.22 bits per heavy atom. The first-order chi connectivity index (χ1) is 8.55. The molecule has 0 spiro atoms. The monoisotopic (exact) mass is 248 g/mol. The van der Waals surface area contributed by atoms with Gasteiger partial charge in [0.25, 0.3) is 0 Å². The maximum atomic E-state index is 12.1. The van der Waals surface area contributed by atoms with E-state index in [1.165, 1.54) is 7.11 Å². The number of ether oxygens (including phenoxy) is 2. The van der Waals surface area contributed by atoms with Gasteiger partial charge in [0.2, 0.25) is 0 Å². The summed E-state index contributed by atoms with van der Waals surface area (Å²) in [6.07, 6.45) is 2.76. The van der Waals surface area contributed by atoms with Gasteiger partial charge in [0.15, 0.2) is 0 Å². The fraction of sp³-hybridized carbons (Fsp3) is 0.533. The lowest BCUT2D eigenvalue weighted by molar-refractivity contribution is -0.151. The summed E-state index contributed by atoms with van der Waals surface area (Å²) in [7, 11) is 3.11. The van der Waals surface area contributed by atoms with Gasteiger partial charge in [-0.1, -0.05) is 12.5 Å². The Bertz CT molecular complexity index is 473. The van der Waals surface area contributed by atoms with Gasteiger partial charge in [0, 0.05) is 5.56 Å². The van der Waals surface area contributed by atoms with Crippen molar-refractivity contribution in [3.63, 3.8) is 0 Å². The largest absolute Gasteiger partial charge is 0.496 e. The van der Waals surface area contributed by atoms with Crippen LogP contribution in [0.5, 0.6) is 5.75 Å². The first kappa shape index (κ1) is 12.9. The van der Waals surface area contributed by atoms with E-state index in [-0.39, 0.29) is 5.97 Å². The summed E-state index contributed by atoms with van der Waals surface area (Å²) in [6, 6.07) is 4.09. The highest BCUT2D eigenvalue weighted by atomic mass is 16.5. The fourth-order valence-corrected chi connectivity index (χ4v) is 2.98. The molecule has 98 valence electrons. The summed E-state index contributed by atoms with van der Waals surface area (Å²) < 4.78 is 10.5. The highest BCUT2D eigenvalue weighted by molar-refractivity contribution is 5.86. The minimum Gasteiger partial charge on any atom is -0.496 e. The second-order valence-electron chi connectivity index (χ2n) is 5.09. The van der Waals surface area contributed by atoms with Gasteiger partial charge in [0.05, 0.1) is 19.6 Å². The third-order valence-corrected chi connectivity index (χ3v) is 3.93. The van der Waals surface area contributed by atoms with E-state index in [1.807, 2.05) is 19.9 Å². The van der Waals surface area contributed by atoms with Crippen LogP contribution in [0.4, 0.5) is 0 Å². The number of benzene rings is 1. The first-order valence-corrected chi connectivity index (χ1v) is 6.29. The van der Waals surface area contributed by atoms with E-state index in [0.29, 0.717) is 0 Å². The molecule has 0 N–H and O–H groups in total. The number of carbonyl (C=O) groups is 1. The molecule has 1 aliphatic rings. The van der Waals surface area contributed by atoms with E-state index in [2.05, 4.69) is 6.07 Å². The summed E-state index contributed by atoms with van der Waals surface area (Å²) in [5.41, 5.74) is 2.77. The first-order valence-electron chi connectivity index (χ1n) is 6.29. The fourth-order valence-electron chi connectivity index (χ4n) is 2.98. The average molecular weight is 248 g/mol. The van der Waals surface area contributed by atoms with E-state index in [9.17, 15) is 4.79 Å². The third kappa shape index (κ3) is 1.78. The molecule has 1 saturated carbocycles. The van der Waals surface area contributed by atoms with Crippen molar-refractivity contribution in [2.45, 2.75) is 38.5 Å². The molecule has 3 nitrogen and oxygen atoms in total. The quantitative estimate of drug-likeness (QED) is 0.771. The van der Waals surface area contributed by atoms with Gasteiger partial charge in [-0.15, -0.1) is 0 Å². The van der Waals surface area contributed by atoms with Gasteiger partial charge < -0.3 is 9.47 Å². The SMILES string of the molecule is COC(=O)C1(c2c(C)cc(C)cc2OC)CCC1. The van der Waals surface area contributed by atoms with Crippen molar-refractivity contribution in [2.24, 2.45) is 0 Å². The summed E-state index contributed by atoms with van der Waals surface area (Å²) in [6.45, 7) is 4.07. The third-order valence-electron chi connectivity index (χ3n) is 3.93. The number of hydrogen-bond acceptors (Lipinski definition) is 3. The van der Waals surface area contributed by atoms with Gasteiger partial charge in [-0.2, -0.15) is 0 Å². The molecule has 3 heteroatoms. The highest BCUT2D eigenvalue weighted by Crippen LogP contribution is 2.49. The zero-order chi connectivity index (χ0) is 13.3. The molecular formula is C15H20O3. The van der Waals surface area contributed by atoms with Crippen molar-refractivity contribution in [3.8, 4) is 5.75 Å². The molecule has 0 atom stereocenters. The molecule has 0 heterocycles. The van der Waals surface area contributed by atoms with Crippen LogP contribution in [0.15, 0.2) is 12.1 Å². The van der Waals surface area contributed by atoms with Crippen molar-refractivity contribution in [1.82, 2.24) is 0 Å². The van der Waals surface area contributed by atoms with Gasteiger partial charge in [0.1, 0.15) is 5.75 Å². The standard InChI is InChI=1S/C15H20O3/c1-10-8-11(2)13(12(9-10)17-3)15(6-5-7-15)14(16)18-4/h8-9H,5-7H2,1-4H3. The molecule has 1 aliphatic carbocycles. The molecule has 1 fully saturated rings. The highest BCUT2D eigenvalue weighted by Gasteiger charge is 2.49. The lowest BCUT2D eigenvalue weighted by Gasteiger charge is -2.41. The second kappa shape index (κ2) is 4.63. The number of hydrogen-bond donors (Lipinski definition) is 0. The van der Waals surface area contributed by atoms with Crippen molar-refractivity contribution >= 4 is 5.97 Å². The van der Waals surface area contributed by atoms with Gasteiger partial charge >= 0.3 is 5.97 Å². The maximum Gasteiger partial charge on any atom is 0.316 e. The Hall–Kier alpha value is -1.51. The van der Waals surface area contributed by atoms with Crippen LogP contribution in [0.2, 0.25) is 0 Å². The van der Waals surface area contributed by atoms with Crippen molar-refractivity contribution < 1.29 is 14.3 Å². The zero-order valence-corrected chi connectivity index (χ0v) is 11.5. The molecule has 0 unspecified atom stereocenters. The maximum absolute atomic E-state index is 12.1. The normalized spacial score (nSPS) is 16.9. The number of esters is 1. The lowest BCUT2D eigenvalue weighted by atomic mass is 9.63. The molecule has 0 amide bonds. The van der Waals surface area contributed by atoms with E-state index >= 15 is 0 Å². The molecule has 18 heavy (non-hydrogen) atoms. The van der Waals surface area contributed by atoms with Gasteiger partial charge in [-0.3, -0.25) is 4.79 Å². The predicted octanol–water partition coefficient (Wildman–Crippen LogP) is 2.91. The van der Waals surface area contributed by atoms with Crippen molar-refractivity contribution in [2.75, 3.05) is 14.2 Å². The molecule has 0 aliphatic heterocycles. The topological polar surface area (TPSA) is 35.5 Å². The van der Waals surface area contributed by atoms with Crippen LogP contribution < -0.4 is 4.74 Å². The Morgan fingerprint density at radius 3 is 2.33 bits per heavy atom. The van der Waals surface area contributed by atoms with Gasteiger partial charge in [-0.25, -0.2) is 0 Å². The minimum atomic E-state index is -0.488. The Balaban J connectivity index is 2.58. The predicted molar refractivity (Wildman–Crippen MR) is 70.0 cm³/mol. The summed E-state index contributed by atoms with van der Waals surface area (Å²) in [5, 5.41) is 0. The molecule has 0 radical (unpaired) electrons. The van der Waals surface area contributed by atoms with E-state index in [4.69, 9.17) is 9.47 Å². The van der Waals surface area contributed by atoms with E-state index < -0.39 is 5.41 Å². The molecule has 2 rings (SSSR count). The molecule has 0 saturated heterocycles. The number of methoxy groups -OCH3 is 2. The Kier molecular flexibility index (Phi) is 3.33. The second-order valence-corrected chi connectivity index (χ2v) is 5.09. The summed E-state index contributed by atoms with van der Waals surface area (Å²) >= 11 is 0. The van der Waals surface area contributed by atoms with Crippen LogP contribution >= 0.6 is 0 Å². The smallest absolute Gasteiger partial charge is 0.316 e.